The van der Waals surface area contributed by atoms with Gasteiger partial charge in [-0.2, -0.15) is 0 Å². The summed E-state index contributed by atoms with van der Waals surface area (Å²) in [4.78, 5) is 0. The summed E-state index contributed by atoms with van der Waals surface area (Å²) in [5, 5.41) is 16.1. The molecule has 0 saturated carbocycles. The molecule has 0 radical (unpaired) electrons. The molecule has 0 aliphatic rings. The minimum atomic E-state index is 0.640. The zero-order chi connectivity index (χ0) is 36.0. The smallest absolute Gasteiger partial charge is 0.0619 e. The zero-order valence-electron chi connectivity index (χ0n) is 29.5. The van der Waals surface area contributed by atoms with E-state index in [1.165, 1.54) is 85.9 Å². The highest BCUT2D eigenvalue weighted by Crippen LogP contribution is 2.44. The minimum Gasteiger partial charge on any atom is -0.326 e. The van der Waals surface area contributed by atoms with Gasteiger partial charge in [-0.3, -0.25) is 0 Å². The molecule has 0 unspecified atom stereocenters. The maximum atomic E-state index is 5.50. The first kappa shape index (κ1) is 34.4. The van der Waals surface area contributed by atoms with Crippen LogP contribution in [0.5, 0.6) is 0 Å². The Morgan fingerprint density at radius 2 is 1.06 bits per heavy atom. The van der Waals surface area contributed by atoms with Crippen LogP contribution in [-0.2, 0) is 6.54 Å². The van der Waals surface area contributed by atoms with E-state index < -0.39 is 0 Å². The Morgan fingerprint density at radius 1 is 0.500 bits per heavy atom. The highest BCUT2D eigenvalue weighted by atomic mass is 32.1. The van der Waals surface area contributed by atoms with Crippen LogP contribution in [-0.4, -0.2) is 11.3 Å². The van der Waals surface area contributed by atoms with Crippen LogP contribution in [0.15, 0.2) is 170 Å². The van der Waals surface area contributed by atoms with Gasteiger partial charge < -0.3 is 15.7 Å². The van der Waals surface area contributed by atoms with E-state index >= 15 is 0 Å². The van der Waals surface area contributed by atoms with Crippen molar-refractivity contribution in [3.8, 4) is 5.69 Å². The third-order valence-corrected chi connectivity index (χ3v) is 10.6. The number of nitrogens with zero attached hydrogens (tertiary/aromatic N) is 1. The van der Waals surface area contributed by atoms with Crippen molar-refractivity contribution in [3.05, 3.63) is 187 Å². The first-order chi connectivity index (χ1) is 25.6. The molecule has 8 aromatic carbocycles. The van der Waals surface area contributed by atoms with E-state index in [0.717, 1.165) is 0 Å². The fourth-order valence-electron chi connectivity index (χ4n) is 7.02. The van der Waals surface area contributed by atoms with Gasteiger partial charge in [0.2, 0.25) is 0 Å². The zero-order valence-corrected chi connectivity index (χ0v) is 30.3. The van der Waals surface area contributed by atoms with Gasteiger partial charge in [-0.25, -0.2) is 0 Å². The Labute approximate surface area is 308 Å². The van der Waals surface area contributed by atoms with Crippen molar-refractivity contribution < 1.29 is 0 Å². The van der Waals surface area contributed by atoms with Gasteiger partial charge >= 0.3 is 0 Å². The molecule has 0 saturated heterocycles. The van der Waals surface area contributed by atoms with E-state index in [1.54, 1.807) is 0 Å². The molecular formula is C48H41N3S. The molecule has 0 aliphatic carbocycles. The summed E-state index contributed by atoms with van der Waals surface area (Å²) in [6.07, 6.45) is 0. The van der Waals surface area contributed by atoms with E-state index in [0.29, 0.717) is 6.54 Å². The SMILES string of the molecule is C=N.Cc1ccc(-n2c3ccccc3c3ccc4c(ccc5ccc6sc7ccccc7c6c54)c32)cc1.Cc1ccccc1.NCc1ccccc1. The van der Waals surface area contributed by atoms with Crippen LogP contribution in [0, 0.1) is 19.3 Å². The predicted molar refractivity (Wildman–Crippen MR) is 229 cm³/mol. The van der Waals surface area contributed by atoms with E-state index in [1.807, 2.05) is 59.9 Å². The molecule has 10 aromatic rings. The number of aromatic nitrogens is 1. The molecule has 0 aliphatic heterocycles. The molecule has 4 heteroatoms. The first-order valence-corrected chi connectivity index (χ1v) is 18.3. The molecule has 254 valence electrons. The summed E-state index contributed by atoms with van der Waals surface area (Å²) in [7, 11) is 0. The second-order valence-corrected chi connectivity index (χ2v) is 13.9. The van der Waals surface area contributed by atoms with Gasteiger partial charge in [0.25, 0.3) is 0 Å². The average molecular weight is 692 g/mol. The quantitative estimate of drug-likeness (QED) is 0.138. The van der Waals surface area contributed by atoms with Crippen LogP contribution in [0.2, 0.25) is 0 Å². The van der Waals surface area contributed by atoms with E-state index in [4.69, 9.17) is 11.1 Å². The highest BCUT2D eigenvalue weighted by Gasteiger charge is 2.17. The number of benzene rings is 8. The van der Waals surface area contributed by atoms with Gasteiger partial charge in [0, 0.05) is 48.6 Å². The van der Waals surface area contributed by atoms with Crippen molar-refractivity contribution in [3.63, 3.8) is 0 Å². The second-order valence-electron chi connectivity index (χ2n) is 12.8. The summed E-state index contributed by atoms with van der Waals surface area (Å²) in [6.45, 7) is 7.37. The van der Waals surface area contributed by atoms with Crippen LogP contribution >= 0.6 is 11.3 Å². The molecule has 2 heterocycles. The van der Waals surface area contributed by atoms with E-state index in [2.05, 4.69) is 146 Å². The lowest BCUT2D eigenvalue weighted by Crippen LogP contribution is -1.94. The molecule has 0 amide bonds. The van der Waals surface area contributed by atoms with Gasteiger partial charge in [0.15, 0.2) is 0 Å². The largest absolute Gasteiger partial charge is 0.326 e. The lowest BCUT2D eigenvalue weighted by molar-refractivity contribution is 1.07. The Hall–Kier alpha value is -6.07. The number of thiophene rings is 1. The lowest BCUT2D eigenvalue weighted by atomic mass is 9.96. The topological polar surface area (TPSA) is 54.8 Å². The maximum absolute atomic E-state index is 5.50. The maximum Gasteiger partial charge on any atom is 0.0619 e. The normalized spacial score (nSPS) is 10.8. The predicted octanol–water partition coefficient (Wildman–Crippen LogP) is 13.2. The van der Waals surface area contributed by atoms with Crippen molar-refractivity contribution >= 4 is 81.6 Å². The summed E-state index contributed by atoms with van der Waals surface area (Å²) in [5.41, 5.74) is 12.9. The monoisotopic (exact) mass is 691 g/mol. The van der Waals surface area contributed by atoms with Gasteiger partial charge in [0.05, 0.1) is 11.0 Å². The third kappa shape index (κ3) is 6.58. The Bertz CT molecular complexity index is 2760. The van der Waals surface area contributed by atoms with Crippen LogP contribution in [0.3, 0.4) is 0 Å². The number of fused-ring (bicyclic) bond motifs is 11. The Morgan fingerprint density at radius 3 is 1.73 bits per heavy atom. The summed E-state index contributed by atoms with van der Waals surface area (Å²) < 4.78 is 5.15. The molecule has 52 heavy (non-hydrogen) atoms. The number of hydrogen-bond acceptors (Lipinski definition) is 3. The van der Waals surface area contributed by atoms with Crippen LogP contribution in [0.25, 0.3) is 69.2 Å². The number of nitrogens with one attached hydrogen (secondary N) is 1. The van der Waals surface area contributed by atoms with Crippen LogP contribution in [0.4, 0.5) is 0 Å². The molecular weight excluding hydrogens is 651 g/mol. The van der Waals surface area contributed by atoms with Crippen molar-refractivity contribution in [1.29, 1.82) is 5.41 Å². The number of rotatable bonds is 2. The van der Waals surface area contributed by atoms with Crippen LogP contribution < -0.4 is 5.73 Å². The van der Waals surface area contributed by atoms with Gasteiger partial charge in [-0.05, 0) is 72.6 Å². The van der Waals surface area contributed by atoms with Crippen molar-refractivity contribution in [2.45, 2.75) is 20.4 Å². The molecule has 0 fully saturated rings. The number of nitrogens with two attached hydrogens (primary N) is 1. The molecule has 0 bridgehead atoms. The molecule has 3 nitrogen and oxygen atoms in total. The summed E-state index contributed by atoms with van der Waals surface area (Å²) in [6, 6.07) is 60.6. The first-order valence-electron chi connectivity index (χ1n) is 17.5. The number of para-hydroxylation sites is 1. The molecule has 10 rings (SSSR count). The van der Waals surface area contributed by atoms with Crippen LogP contribution in [0.1, 0.15) is 16.7 Å². The highest BCUT2D eigenvalue weighted by molar-refractivity contribution is 7.26. The molecule has 0 atom stereocenters. The number of hydrogen-bond donors (Lipinski definition) is 2. The minimum absolute atomic E-state index is 0.640. The van der Waals surface area contributed by atoms with Crippen molar-refractivity contribution in [2.24, 2.45) is 5.73 Å². The third-order valence-electron chi connectivity index (χ3n) is 9.46. The Kier molecular flexibility index (Phi) is 10.2. The number of aryl methyl sites for hydroxylation is 2. The molecule has 3 N–H and O–H groups in total. The second kappa shape index (κ2) is 15.4. The van der Waals surface area contributed by atoms with Gasteiger partial charge in [-0.1, -0.05) is 151 Å². The van der Waals surface area contributed by atoms with Gasteiger partial charge in [-0.15, -0.1) is 11.3 Å². The lowest BCUT2D eigenvalue weighted by Gasteiger charge is -2.12. The van der Waals surface area contributed by atoms with Crippen molar-refractivity contribution in [2.75, 3.05) is 0 Å². The van der Waals surface area contributed by atoms with Gasteiger partial charge in [0.1, 0.15) is 0 Å². The Balaban J connectivity index is 0.000000205. The summed E-state index contributed by atoms with van der Waals surface area (Å²) >= 11 is 1.89. The fourth-order valence-corrected chi connectivity index (χ4v) is 8.13. The van der Waals surface area contributed by atoms with E-state index in [9.17, 15) is 0 Å². The van der Waals surface area contributed by atoms with E-state index in [-0.39, 0.29) is 0 Å². The molecule has 2 aromatic heterocycles. The van der Waals surface area contributed by atoms with Crippen molar-refractivity contribution in [1.82, 2.24) is 4.57 Å². The fraction of sp³-hybridized carbons (Fsp3) is 0.0625. The molecule has 0 spiro atoms. The average Bonchev–Trinajstić information content (AvgIpc) is 3.76. The summed E-state index contributed by atoms with van der Waals surface area (Å²) in [5.74, 6) is 0. The standard InChI is InChI=1S/C33H21NS.C7H9N.C7H8.CH3N/c1-20-10-14-22(15-11-20)34-28-8-4-2-6-23(28)25-18-17-24-26(33(25)34)16-12-21-13-19-30-32(31(21)24)27-7-3-5-9-29(27)35-30;8-6-7-4-2-1-3-5-7;1-7-5-3-2-4-6-7;1-2/h2-19H,1H3;1-5H,6,8H2;2-6H,1H3;2H,1H2.